The van der Waals surface area contributed by atoms with Crippen molar-refractivity contribution in [3.63, 3.8) is 0 Å². The predicted octanol–water partition coefficient (Wildman–Crippen LogP) is 1.99. The largest absolute Gasteiger partial charge is 0.444 e. The Morgan fingerprint density at radius 2 is 2.15 bits per heavy atom. The van der Waals surface area contributed by atoms with Gasteiger partial charge in [0.05, 0.1) is 6.04 Å². The molecule has 0 aliphatic carbocycles. The molecule has 114 valence electrons. The minimum atomic E-state index is -0.449. The van der Waals surface area contributed by atoms with Crippen LogP contribution in [-0.2, 0) is 11.8 Å². The second kappa shape index (κ2) is 7.28. The maximum absolute atomic E-state index is 11.4. The summed E-state index contributed by atoms with van der Waals surface area (Å²) in [5, 5.41) is 6.11. The van der Waals surface area contributed by atoms with Gasteiger partial charge in [-0.3, -0.25) is 0 Å². The van der Waals surface area contributed by atoms with Crippen LogP contribution in [0.1, 0.15) is 46.0 Å². The SMILES string of the molecule is CC(NCCCNC(=O)OC(C)(C)C)c1nccn1C. The fourth-order valence-electron chi connectivity index (χ4n) is 1.80. The van der Waals surface area contributed by atoms with Crippen LogP contribution < -0.4 is 10.6 Å². The average Bonchev–Trinajstić information content (AvgIpc) is 2.72. The lowest BCUT2D eigenvalue weighted by Gasteiger charge is -2.19. The van der Waals surface area contributed by atoms with Crippen molar-refractivity contribution in [1.29, 1.82) is 0 Å². The summed E-state index contributed by atoms with van der Waals surface area (Å²) >= 11 is 0. The minimum absolute atomic E-state index is 0.191. The van der Waals surface area contributed by atoms with E-state index in [1.807, 2.05) is 38.6 Å². The summed E-state index contributed by atoms with van der Waals surface area (Å²) < 4.78 is 7.15. The van der Waals surface area contributed by atoms with E-state index in [1.165, 1.54) is 0 Å². The van der Waals surface area contributed by atoms with Crippen molar-refractivity contribution in [2.24, 2.45) is 7.05 Å². The van der Waals surface area contributed by atoms with Crippen molar-refractivity contribution < 1.29 is 9.53 Å². The average molecular weight is 282 g/mol. The van der Waals surface area contributed by atoms with Crippen molar-refractivity contribution >= 4 is 6.09 Å². The van der Waals surface area contributed by atoms with Gasteiger partial charge in [0, 0.05) is 26.0 Å². The maximum atomic E-state index is 11.4. The highest BCUT2D eigenvalue weighted by Gasteiger charge is 2.15. The Balaban J connectivity index is 2.14. The molecular weight excluding hydrogens is 256 g/mol. The molecule has 6 heteroatoms. The van der Waals surface area contributed by atoms with Gasteiger partial charge in [0.2, 0.25) is 0 Å². The number of imidazole rings is 1. The van der Waals surface area contributed by atoms with Crippen molar-refractivity contribution in [3.8, 4) is 0 Å². The molecule has 20 heavy (non-hydrogen) atoms. The molecule has 1 unspecified atom stereocenters. The normalized spacial score (nSPS) is 13.1. The third-order valence-electron chi connectivity index (χ3n) is 2.72. The van der Waals surface area contributed by atoms with Crippen LogP contribution in [0.15, 0.2) is 12.4 Å². The quantitative estimate of drug-likeness (QED) is 0.783. The number of nitrogens with zero attached hydrogens (tertiary/aromatic N) is 2. The number of carbonyl (C=O) groups excluding carboxylic acids is 1. The molecule has 1 aromatic rings. The topological polar surface area (TPSA) is 68.2 Å². The van der Waals surface area contributed by atoms with Gasteiger partial charge in [-0.05, 0) is 40.7 Å². The first kappa shape index (κ1) is 16.5. The lowest BCUT2D eigenvalue weighted by molar-refractivity contribution is 0.0527. The molecule has 0 radical (unpaired) electrons. The number of aromatic nitrogens is 2. The van der Waals surface area contributed by atoms with E-state index in [0.717, 1.165) is 18.8 Å². The highest BCUT2D eigenvalue weighted by atomic mass is 16.6. The first-order chi connectivity index (χ1) is 9.29. The van der Waals surface area contributed by atoms with Gasteiger partial charge in [-0.1, -0.05) is 0 Å². The van der Waals surface area contributed by atoms with E-state index in [0.29, 0.717) is 6.54 Å². The number of amides is 1. The Labute approximate surface area is 120 Å². The highest BCUT2D eigenvalue weighted by Crippen LogP contribution is 2.08. The lowest BCUT2D eigenvalue weighted by atomic mass is 10.2. The summed E-state index contributed by atoms with van der Waals surface area (Å²) in [6.07, 6.45) is 4.19. The number of hydrogen-bond donors (Lipinski definition) is 2. The monoisotopic (exact) mass is 282 g/mol. The van der Waals surface area contributed by atoms with Gasteiger partial charge in [-0.25, -0.2) is 9.78 Å². The first-order valence-corrected chi connectivity index (χ1v) is 6.97. The summed E-state index contributed by atoms with van der Waals surface area (Å²) in [7, 11) is 1.98. The number of rotatable bonds is 6. The molecule has 0 aliphatic heterocycles. The van der Waals surface area contributed by atoms with E-state index in [9.17, 15) is 4.79 Å². The van der Waals surface area contributed by atoms with Crippen LogP contribution in [0, 0.1) is 0 Å². The van der Waals surface area contributed by atoms with Crippen LogP contribution >= 0.6 is 0 Å². The number of hydrogen-bond acceptors (Lipinski definition) is 4. The van der Waals surface area contributed by atoms with Gasteiger partial charge in [-0.15, -0.1) is 0 Å². The minimum Gasteiger partial charge on any atom is -0.444 e. The second-order valence-electron chi connectivity index (χ2n) is 5.85. The molecule has 1 atom stereocenters. The molecule has 1 aromatic heterocycles. The van der Waals surface area contributed by atoms with Gasteiger partial charge in [0.25, 0.3) is 0 Å². The molecule has 0 spiro atoms. The molecular formula is C14H26N4O2. The molecule has 0 fully saturated rings. The Morgan fingerprint density at radius 1 is 1.45 bits per heavy atom. The third-order valence-corrected chi connectivity index (χ3v) is 2.72. The zero-order valence-electron chi connectivity index (χ0n) is 13.1. The number of nitrogens with one attached hydrogen (secondary N) is 2. The Kier molecular flexibility index (Phi) is 6.01. The summed E-state index contributed by atoms with van der Waals surface area (Å²) in [6.45, 7) is 9.02. The van der Waals surface area contributed by atoms with Crippen LogP contribution in [0.3, 0.4) is 0 Å². The van der Waals surface area contributed by atoms with Crippen molar-refractivity contribution in [3.05, 3.63) is 18.2 Å². The molecule has 6 nitrogen and oxygen atoms in total. The van der Waals surface area contributed by atoms with Gasteiger partial charge >= 0.3 is 6.09 Å². The van der Waals surface area contributed by atoms with Gasteiger partial charge < -0.3 is 19.9 Å². The number of carbonyl (C=O) groups is 1. The fourth-order valence-corrected chi connectivity index (χ4v) is 1.80. The van der Waals surface area contributed by atoms with E-state index in [4.69, 9.17) is 4.74 Å². The number of alkyl carbamates (subject to hydrolysis) is 1. The first-order valence-electron chi connectivity index (χ1n) is 6.97. The number of aryl methyl sites for hydroxylation is 1. The number of ether oxygens (including phenoxy) is 1. The second-order valence-corrected chi connectivity index (χ2v) is 5.85. The van der Waals surface area contributed by atoms with E-state index < -0.39 is 5.60 Å². The fraction of sp³-hybridized carbons (Fsp3) is 0.714. The summed E-state index contributed by atoms with van der Waals surface area (Å²) in [5.74, 6) is 1.00. The smallest absolute Gasteiger partial charge is 0.407 e. The van der Waals surface area contributed by atoms with Crippen LogP contribution in [0.5, 0.6) is 0 Å². The molecule has 2 N–H and O–H groups in total. The van der Waals surface area contributed by atoms with Gasteiger partial charge in [0.15, 0.2) is 0 Å². The summed E-state index contributed by atoms with van der Waals surface area (Å²) in [6, 6.07) is 0.191. The van der Waals surface area contributed by atoms with E-state index in [-0.39, 0.29) is 12.1 Å². The van der Waals surface area contributed by atoms with Crippen LogP contribution in [0.2, 0.25) is 0 Å². The van der Waals surface area contributed by atoms with Crippen LogP contribution in [-0.4, -0.2) is 34.3 Å². The zero-order valence-corrected chi connectivity index (χ0v) is 13.1. The standard InChI is InChI=1S/C14H26N4O2/c1-11(12-16-9-10-18(12)5)15-7-6-8-17-13(19)20-14(2,3)4/h9-11,15H,6-8H2,1-5H3,(H,17,19). The Hall–Kier alpha value is -1.56. The molecule has 1 rings (SSSR count). The third kappa shape index (κ3) is 6.06. The molecule has 0 aliphatic rings. The highest BCUT2D eigenvalue weighted by molar-refractivity contribution is 5.67. The van der Waals surface area contributed by atoms with Gasteiger partial charge in [0.1, 0.15) is 11.4 Å². The predicted molar refractivity (Wildman–Crippen MR) is 78.5 cm³/mol. The van der Waals surface area contributed by atoms with Gasteiger partial charge in [-0.2, -0.15) is 0 Å². The molecule has 0 saturated heterocycles. The van der Waals surface area contributed by atoms with E-state index in [2.05, 4.69) is 22.5 Å². The Morgan fingerprint density at radius 3 is 2.70 bits per heavy atom. The van der Waals surface area contributed by atoms with Crippen LogP contribution in [0.25, 0.3) is 0 Å². The maximum Gasteiger partial charge on any atom is 0.407 e. The zero-order chi connectivity index (χ0) is 15.2. The van der Waals surface area contributed by atoms with Crippen molar-refractivity contribution in [2.45, 2.75) is 45.8 Å². The Bertz CT molecular complexity index is 423. The summed E-state index contributed by atoms with van der Waals surface area (Å²) in [4.78, 5) is 15.7. The molecule has 0 saturated carbocycles. The van der Waals surface area contributed by atoms with E-state index >= 15 is 0 Å². The molecule has 0 aromatic carbocycles. The van der Waals surface area contributed by atoms with Crippen molar-refractivity contribution in [1.82, 2.24) is 20.2 Å². The van der Waals surface area contributed by atoms with E-state index in [1.54, 1.807) is 6.20 Å². The summed E-state index contributed by atoms with van der Waals surface area (Å²) in [5.41, 5.74) is -0.449. The molecule has 1 amide bonds. The van der Waals surface area contributed by atoms with Crippen LogP contribution in [0.4, 0.5) is 4.79 Å². The lowest BCUT2D eigenvalue weighted by Crippen LogP contribution is -2.34. The van der Waals surface area contributed by atoms with Crippen molar-refractivity contribution in [2.75, 3.05) is 13.1 Å². The molecule has 1 heterocycles. The molecule has 0 bridgehead atoms.